The van der Waals surface area contributed by atoms with Crippen molar-refractivity contribution in [2.24, 2.45) is 11.8 Å². The Bertz CT molecular complexity index is 970. The van der Waals surface area contributed by atoms with E-state index < -0.39 is 0 Å². The van der Waals surface area contributed by atoms with Gasteiger partial charge in [0.1, 0.15) is 11.9 Å². The first-order chi connectivity index (χ1) is 13.6. The minimum atomic E-state index is 0.150. The number of rotatable bonds is 4. The van der Waals surface area contributed by atoms with Crippen LogP contribution in [0.25, 0.3) is 16.9 Å². The molecule has 0 radical (unpaired) electrons. The van der Waals surface area contributed by atoms with Crippen molar-refractivity contribution in [2.45, 2.75) is 45.1 Å². The first kappa shape index (κ1) is 17.2. The highest BCUT2D eigenvalue weighted by molar-refractivity contribution is 5.68. The van der Waals surface area contributed by atoms with E-state index in [1.807, 2.05) is 37.4 Å². The highest BCUT2D eigenvalue weighted by Crippen LogP contribution is 2.43. The standard InChI is InChI=1S/C22H24N4O2/c1-14-12-23-26(13-14)17-4-5-19(21(27)11-17)20-6-7-22(25-24-20)28-18-9-15-2-3-16(8-15)10-18/h4-7,11-13,15-16,18,27H,2-3,8-10H2,1H3/t15-,16?,18+/m0/s1. The van der Waals surface area contributed by atoms with Gasteiger partial charge in [-0.2, -0.15) is 5.10 Å². The lowest BCUT2D eigenvalue weighted by atomic mass is 9.87. The van der Waals surface area contributed by atoms with E-state index in [9.17, 15) is 5.11 Å². The molecule has 1 aromatic carbocycles. The maximum Gasteiger partial charge on any atom is 0.233 e. The van der Waals surface area contributed by atoms with E-state index in [0.717, 1.165) is 35.9 Å². The molecule has 2 saturated carbocycles. The molecular weight excluding hydrogens is 352 g/mol. The summed E-state index contributed by atoms with van der Waals surface area (Å²) in [5.41, 5.74) is 3.13. The van der Waals surface area contributed by atoms with Crippen molar-refractivity contribution < 1.29 is 9.84 Å². The minimum absolute atomic E-state index is 0.150. The number of phenolic OH excluding ortho intramolecular Hbond substituents is 1. The Balaban J connectivity index is 1.31. The fourth-order valence-corrected chi connectivity index (χ4v) is 4.67. The third-order valence-corrected chi connectivity index (χ3v) is 6.00. The molecule has 144 valence electrons. The van der Waals surface area contributed by atoms with Gasteiger partial charge >= 0.3 is 0 Å². The van der Waals surface area contributed by atoms with Crippen molar-refractivity contribution >= 4 is 0 Å². The molecule has 3 aromatic rings. The molecule has 0 amide bonds. The molecule has 2 aliphatic carbocycles. The molecule has 28 heavy (non-hydrogen) atoms. The third kappa shape index (κ3) is 3.35. The zero-order valence-corrected chi connectivity index (χ0v) is 16.0. The van der Waals surface area contributed by atoms with E-state index in [1.54, 1.807) is 16.9 Å². The maximum absolute atomic E-state index is 10.5. The second kappa shape index (κ2) is 6.93. The number of aromatic nitrogens is 4. The topological polar surface area (TPSA) is 73.1 Å². The van der Waals surface area contributed by atoms with Gasteiger partial charge in [0.25, 0.3) is 0 Å². The highest BCUT2D eigenvalue weighted by atomic mass is 16.5. The molecule has 0 aliphatic heterocycles. The molecule has 1 unspecified atom stereocenters. The molecule has 2 aromatic heterocycles. The summed E-state index contributed by atoms with van der Waals surface area (Å²) in [4.78, 5) is 0. The van der Waals surface area contributed by atoms with Crippen LogP contribution in [0.5, 0.6) is 11.6 Å². The van der Waals surface area contributed by atoms with E-state index in [-0.39, 0.29) is 11.9 Å². The number of aromatic hydroxyl groups is 1. The second-order valence-corrected chi connectivity index (χ2v) is 8.18. The summed E-state index contributed by atoms with van der Waals surface area (Å²) in [6, 6.07) is 9.14. The van der Waals surface area contributed by atoms with Crippen LogP contribution >= 0.6 is 0 Å². The number of benzene rings is 1. The van der Waals surface area contributed by atoms with Gasteiger partial charge in [-0.15, -0.1) is 10.2 Å². The molecule has 2 aliphatic rings. The molecule has 2 bridgehead atoms. The quantitative estimate of drug-likeness (QED) is 0.735. The van der Waals surface area contributed by atoms with Gasteiger partial charge < -0.3 is 9.84 Å². The second-order valence-electron chi connectivity index (χ2n) is 8.18. The van der Waals surface area contributed by atoms with Crippen molar-refractivity contribution in [3.8, 4) is 28.6 Å². The van der Waals surface area contributed by atoms with Crippen LogP contribution in [-0.2, 0) is 0 Å². The molecule has 2 heterocycles. The molecule has 3 atom stereocenters. The van der Waals surface area contributed by atoms with Crippen molar-refractivity contribution in [3.63, 3.8) is 0 Å². The lowest BCUT2D eigenvalue weighted by Gasteiger charge is -2.27. The van der Waals surface area contributed by atoms with Gasteiger partial charge in [-0.1, -0.05) is 12.8 Å². The maximum atomic E-state index is 10.5. The Hall–Kier alpha value is -2.89. The summed E-state index contributed by atoms with van der Waals surface area (Å²) in [5.74, 6) is 2.37. The molecule has 2 fully saturated rings. The minimum Gasteiger partial charge on any atom is -0.507 e. The Labute approximate surface area is 164 Å². The van der Waals surface area contributed by atoms with E-state index in [4.69, 9.17) is 4.74 Å². The summed E-state index contributed by atoms with van der Waals surface area (Å²) >= 11 is 0. The molecule has 0 saturated heterocycles. The largest absolute Gasteiger partial charge is 0.507 e. The van der Waals surface area contributed by atoms with E-state index in [0.29, 0.717) is 17.1 Å². The number of ether oxygens (including phenoxy) is 1. The van der Waals surface area contributed by atoms with Crippen molar-refractivity contribution in [1.82, 2.24) is 20.0 Å². The molecule has 0 spiro atoms. The SMILES string of the molecule is Cc1cnn(-c2ccc(-c3ccc(O[C@H]4CC5CC[C@@H](C5)C4)nn3)c(O)c2)c1. The van der Waals surface area contributed by atoms with Gasteiger partial charge in [0.15, 0.2) is 0 Å². The summed E-state index contributed by atoms with van der Waals surface area (Å²) in [7, 11) is 0. The van der Waals surface area contributed by atoms with Gasteiger partial charge in [-0.05, 0) is 61.8 Å². The third-order valence-electron chi connectivity index (χ3n) is 6.00. The predicted molar refractivity (Wildman–Crippen MR) is 105 cm³/mol. The number of aryl methyl sites for hydroxylation is 1. The van der Waals surface area contributed by atoms with Crippen molar-refractivity contribution in [2.75, 3.05) is 0 Å². The Morgan fingerprint density at radius 2 is 1.86 bits per heavy atom. The fraction of sp³-hybridized carbons (Fsp3) is 0.409. The average molecular weight is 376 g/mol. The van der Waals surface area contributed by atoms with Crippen LogP contribution in [0.15, 0.2) is 42.7 Å². The zero-order chi connectivity index (χ0) is 19.1. The molecule has 6 heteroatoms. The lowest BCUT2D eigenvalue weighted by molar-refractivity contribution is 0.113. The van der Waals surface area contributed by atoms with Gasteiger partial charge in [-0.3, -0.25) is 0 Å². The monoisotopic (exact) mass is 376 g/mol. The highest BCUT2D eigenvalue weighted by Gasteiger charge is 2.35. The number of hydrogen-bond acceptors (Lipinski definition) is 5. The summed E-state index contributed by atoms with van der Waals surface area (Å²) in [5, 5.41) is 23.3. The van der Waals surface area contributed by atoms with Crippen LogP contribution in [0.4, 0.5) is 0 Å². The number of hydrogen-bond donors (Lipinski definition) is 1. The summed E-state index contributed by atoms with van der Waals surface area (Å²) < 4.78 is 7.82. The van der Waals surface area contributed by atoms with Crippen molar-refractivity contribution in [3.05, 3.63) is 48.3 Å². The van der Waals surface area contributed by atoms with E-state index in [2.05, 4.69) is 15.3 Å². The first-order valence-corrected chi connectivity index (χ1v) is 9.99. The van der Waals surface area contributed by atoms with Crippen LogP contribution in [0.2, 0.25) is 0 Å². The van der Waals surface area contributed by atoms with Crippen LogP contribution < -0.4 is 4.74 Å². The smallest absolute Gasteiger partial charge is 0.233 e. The Kier molecular flexibility index (Phi) is 4.26. The van der Waals surface area contributed by atoms with Gasteiger partial charge in [0, 0.05) is 23.9 Å². The van der Waals surface area contributed by atoms with Crippen LogP contribution in [0, 0.1) is 18.8 Å². The summed E-state index contributed by atoms with van der Waals surface area (Å²) in [6.45, 7) is 1.98. The number of fused-ring (bicyclic) bond motifs is 2. The Morgan fingerprint density at radius 3 is 2.50 bits per heavy atom. The zero-order valence-electron chi connectivity index (χ0n) is 16.0. The van der Waals surface area contributed by atoms with E-state index >= 15 is 0 Å². The Morgan fingerprint density at radius 1 is 1.04 bits per heavy atom. The first-order valence-electron chi connectivity index (χ1n) is 9.99. The molecular formula is C22H24N4O2. The van der Waals surface area contributed by atoms with Crippen molar-refractivity contribution in [1.29, 1.82) is 0 Å². The lowest BCUT2D eigenvalue weighted by Crippen LogP contribution is -2.26. The molecule has 6 nitrogen and oxygen atoms in total. The van der Waals surface area contributed by atoms with Gasteiger partial charge in [-0.25, -0.2) is 4.68 Å². The summed E-state index contributed by atoms with van der Waals surface area (Å²) in [6.07, 6.45) is 10.3. The van der Waals surface area contributed by atoms with E-state index in [1.165, 1.54) is 19.3 Å². The number of nitrogens with zero attached hydrogens (tertiary/aromatic N) is 4. The molecule has 5 rings (SSSR count). The normalized spacial score (nSPS) is 23.7. The van der Waals surface area contributed by atoms with Gasteiger partial charge in [0.05, 0.1) is 17.6 Å². The average Bonchev–Trinajstić information content (AvgIpc) is 3.27. The van der Waals surface area contributed by atoms with Gasteiger partial charge in [0.2, 0.25) is 5.88 Å². The van der Waals surface area contributed by atoms with Crippen LogP contribution in [-0.4, -0.2) is 31.2 Å². The van der Waals surface area contributed by atoms with Crippen LogP contribution in [0.3, 0.4) is 0 Å². The predicted octanol–water partition coefficient (Wildman–Crippen LogP) is 4.30. The fourth-order valence-electron chi connectivity index (χ4n) is 4.67. The van der Waals surface area contributed by atoms with Crippen LogP contribution in [0.1, 0.15) is 37.7 Å². The number of phenols is 1. The molecule has 1 N–H and O–H groups in total.